The quantitative estimate of drug-likeness (QED) is 0.0765. The Balaban J connectivity index is 0.00000261. The van der Waals surface area contributed by atoms with Crippen molar-refractivity contribution in [2.24, 2.45) is 0 Å². The number of nitrogen functional groups attached to an aromatic ring is 1. The average Bonchev–Trinajstić information content (AvgIpc) is 3.03. The number of fused-ring (bicyclic) bond motifs is 3. The SMILES string of the molecule is Nc1c(S(=O)(=O)[O-])cc(Nc2cc(NC(=O)c3ccc4nc(Cl)c(Cl)nc4c3)c(S(=O)(=O)[O-])cc2S(=O)(=O)[O-])c2c1C(=O)c1ccccc1C2=O.[Na+].[Na+].[Na+]. The molecule has 0 saturated carbocycles. The second kappa shape index (κ2) is 16.8. The van der Waals surface area contributed by atoms with Gasteiger partial charge in [-0.15, -0.1) is 0 Å². The average molecular weight is 861 g/mol. The fourth-order valence-electron chi connectivity index (χ4n) is 5.26. The van der Waals surface area contributed by atoms with Crippen molar-refractivity contribution in [1.29, 1.82) is 0 Å². The van der Waals surface area contributed by atoms with Crippen molar-refractivity contribution >= 4 is 105 Å². The second-order valence-corrected chi connectivity index (χ2v) is 15.3. The summed E-state index contributed by atoms with van der Waals surface area (Å²) in [7, 11) is -16.9. The number of hydrogen-bond donors (Lipinski definition) is 3. The molecule has 0 fully saturated rings. The van der Waals surface area contributed by atoms with Gasteiger partial charge in [-0.2, -0.15) is 0 Å². The summed E-state index contributed by atoms with van der Waals surface area (Å²) in [5.74, 6) is -3.06. The van der Waals surface area contributed by atoms with Gasteiger partial charge in [-0.3, -0.25) is 14.4 Å². The molecule has 1 aromatic heterocycles. The first-order chi connectivity index (χ1) is 23.7. The number of benzene rings is 4. The maximum Gasteiger partial charge on any atom is 1.00 e. The van der Waals surface area contributed by atoms with Gasteiger partial charge in [0.1, 0.15) is 30.4 Å². The smallest absolute Gasteiger partial charge is 0.744 e. The van der Waals surface area contributed by atoms with Gasteiger partial charge in [0, 0.05) is 16.7 Å². The zero-order chi connectivity index (χ0) is 37.4. The zero-order valence-corrected chi connectivity index (χ0v) is 37.6. The number of nitrogens with zero attached hydrogens (tertiary/aromatic N) is 2. The number of nitrogens with one attached hydrogen (secondary N) is 2. The van der Waals surface area contributed by atoms with E-state index in [2.05, 4.69) is 20.6 Å². The minimum Gasteiger partial charge on any atom is -0.744 e. The summed E-state index contributed by atoms with van der Waals surface area (Å²) in [6.45, 7) is 0. The zero-order valence-electron chi connectivity index (χ0n) is 27.6. The topological polar surface area (TPSA) is 299 Å². The van der Waals surface area contributed by atoms with E-state index < -0.39 is 96.4 Å². The summed E-state index contributed by atoms with van der Waals surface area (Å²) in [5, 5.41) is 4.05. The predicted molar refractivity (Wildman–Crippen MR) is 175 cm³/mol. The Hall–Kier alpha value is -2.06. The van der Waals surface area contributed by atoms with Crippen LogP contribution in [0.3, 0.4) is 0 Å². The molecule has 17 nitrogen and oxygen atoms in total. The number of ketones is 2. The summed E-state index contributed by atoms with van der Waals surface area (Å²) in [4.78, 5) is 44.4. The van der Waals surface area contributed by atoms with Gasteiger partial charge >= 0.3 is 88.7 Å². The van der Waals surface area contributed by atoms with Crippen molar-refractivity contribution in [3.63, 3.8) is 0 Å². The van der Waals surface area contributed by atoms with E-state index in [9.17, 15) is 53.3 Å². The summed E-state index contributed by atoms with van der Waals surface area (Å²) >= 11 is 11.8. The minimum atomic E-state index is -5.73. The molecule has 1 amide bonds. The molecule has 0 spiro atoms. The first-order valence-electron chi connectivity index (χ1n) is 13.6. The van der Waals surface area contributed by atoms with Crippen molar-refractivity contribution in [3.05, 3.63) is 98.8 Å². The first kappa shape index (κ1) is 46.3. The molecule has 54 heavy (non-hydrogen) atoms. The third kappa shape index (κ3) is 8.90. The minimum absolute atomic E-state index is 0. The molecule has 262 valence electrons. The van der Waals surface area contributed by atoms with E-state index in [1.807, 2.05) is 0 Å². The number of carbonyl (C=O) groups is 3. The molecule has 0 aliphatic heterocycles. The van der Waals surface area contributed by atoms with Crippen LogP contribution in [0.4, 0.5) is 22.7 Å². The van der Waals surface area contributed by atoms with Gasteiger partial charge in [0.2, 0.25) is 0 Å². The number of anilines is 4. The molecule has 25 heteroatoms. The standard InChI is InChI=1S/C29H17Cl2N5O12S3.3Na/c30-27-28(31)35-15-7-11(5-6-14(15)34-27)29(39)36-17-8-16(19(49(40,41)42)10-20(17)50(43,44)45)33-18-9-21(51(46,47)48)24(32)23-22(18)25(37)12-3-1-2-4-13(12)26(23)38;;;/h1-10,33H,32H2,(H,36,39)(H,40,41,42)(H,43,44,45)(H,46,47,48);;;/q;3*+1/p-3. The molecule has 1 aliphatic carbocycles. The van der Waals surface area contributed by atoms with Gasteiger partial charge in [0.25, 0.3) is 5.91 Å². The number of nitrogens with two attached hydrogens (primary N) is 1. The van der Waals surface area contributed by atoms with Crippen LogP contribution >= 0.6 is 23.2 Å². The third-order valence-electron chi connectivity index (χ3n) is 7.45. The Morgan fingerprint density at radius 2 is 1.13 bits per heavy atom. The fraction of sp³-hybridized carbons (Fsp3) is 0. The maximum atomic E-state index is 13.7. The summed E-state index contributed by atoms with van der Waals surface area (Å²) in [6.07, 6.45) is 0. The molecule has 1 heterocycles. The molecule has 0 saturated heterocycles. The van der Waals surface area contributed by atoms with Gasteiger partial charge in [-0.25, -0.2) is 35.2 Å². The molecule has 4 N–H and O–H groups in total. The van der Waals surface area contributed by atoms with E-state index in [1.54, 1.807) is 0 Å². The molecule has 0 atom stereocenters. The first-order valence-corrected chi connectivity index (χ1v) is 18.6. The maximum absolute atomic E-state index is 13.7. The van der Waals surface area contributed by atoms with Gasteiger partial charge in [-0.05, 0) is 36.4 Å². The monoisotopic (exact) mass is 859 g/mol. The molecule has 0 radical (unpaired) electrons. The summed E-state index contributed by atoms with van der Waals surface area (Å²) < 4.78 is 111. The number of rotatable bonds is 7. The molecule has 0 bridgehead atoms. The van der Waals surface area contributed by atoms with Gasteiger partial charge in [0.05, 0.1) is 59.6 Å². The largest absolute Gasteiger partial charge is 1.00 e. The van der Waals surface area contributed by atoms with Gasteiger partial charge in [-0.1, -0.05) is 47.5 Å². The van der Waals surface area contributed by atoms with Crippen LogP contribution in [0.15, 0.2) is 75.4 Å². The third-order valence-corrected chi connectivity index (χ3v) is 10.7. The number of aromatic nitrogens is 2. The predicted octanol–water partition coefficient (Wildman–Crippen LogP) is -5.99. The van der Waals surface area contributed by atoms with Crippen LogP contribution in [-0.4, -0.2) is 66.4 Å². The van der Waals surface area contributed by atoms with Crippen LogP contribution < -0.4 is 105 Å². The Morgan fingerprint density at radius 1 is 0.630 bits per heavy atom. The summed E-state index contributed by atoms with van der Waals surface area (Å²) in [6, 6.07) is 10.1. The Morgan fingerprint density at radius 3 is 1.67 bits per heavy atom. The number of amides is 1. The van der Waals surface area contributed by atoms with Crippen LogP contribution in [-0.2, 0) is 30.4 Å². The fourth-order valence-corrected chi connectivity index (χ4v) is 7.52. The molecule has 1 aliphatic rings. The number of halogens is 2. The van der Waals surface area contributed by atoms with E-state index >= 15 is 0 Å². The van der Waals surface area contributed by atoms with E-state index in [1.165, 1.54) is 36.4 Å². The van der Waals surface area contributed by atoms with Crippen LogP contribution in [0.1, 0.15) is 42.2 Å². The van der Waals surface area contributed by atoms with E-state index in [4.69, 9.17) is 28.9 Å². The van der Waals surface area contributed by atoms with E-state index in [-0.39, 0.29) is 133 Å². The number of carbonyl (C=O) groups excluding carboxylic acids is 3. The second-order valence-electron chi connectivity index (χ2n) is 10.6. The van der Waals surface area contributed by atoms with E-state index in [0.717, 1.165) is 6.07 Å². The van der Waals surface area contributed by atoms with Crippen molar-refractivity contribution in [3.8, 4) is 0 Å². The Labute approximate surface area is 381 Å². The van der Waals surface area contributed by atoms with Crippen molar-refractivity contribution in [2.75, 3.05) is 16.4 Å². The van der Waals surface area contributed by atoms with Crippen LogP contribution in [0, 0.1) is 0 Å². The number of hydrogen-bond acceptors (Lipinski definition) is 16. The van der Waals surface area contributed by atoms with Crippen molar-refractivity contribution in [2.45, 2.75) is 14.7 Å². The van der Waals surface area contributed by atoms with Crippen LogP contribution in [0.25, 0.3) is 11.0 Å². The van der Waals surface area contributed by atoms with Crippen LogP contribution in [0.2, 0.25) is 10.3 Å². The van der Waals surface area contributed by atoms with Crippen LogP contribution in [0.5, 0.6) is 0 Å². The molecule has 6 rings (SSSR count). The Kier molecular flexibility index (Phi) is 14.4. The normalized spacial score (nSPS) is 12.4. The summed E-state index contributed by atoms with van der Waals surface area (Å²) in [5.41, 5.74) is 0.649. The van der Waals surface area contributed by atoms with Gasteiger partial charge < -0.3 is 30.0 Å². The molecule has 0 unspecified atom stereocenters. The molecular formula is C29H14Cl2N5Na3O12S3. The van der Waals surface area contributed by atoms with Crippen molar-refractivity contribution < 1.29 is 142 Å². The molecular weight excluding hydrogens is 846 g/mol. The molecule has 5 aromatic rings. The van der Waals surface area contributed by atoms with Crippen molar-refractivity contribution in [1.82, 2.24) is 9.97 Å². The molecule has 4 aromatic carbocycles. The van der Waals surface area contributed by atoms with Gasteiger partial charge in [0.15, 0.2) is 21.9 Å². The van der Waals surface area contributed by atoms with E-state index in [0.29, 0.717) is 12.1 Å². The Bertz CT molecular complexity index is 2790.